The maximum Gasteiger partial charge on any atom is 0.325 e. The topological polar surface area (TPSA) is 119 Å². The fourth-order valence-corrected chi connectivity index (χ4v) is 4.02. The van der Waals surface area contributed by atoms with Gasteiger partial charge in [-0.05, 0) is 46.5 Å². The van der Waals surface area contributed by atoms with E-state index in [4.69, 9.17) is 4.52 Å². The summed E-state index contributed by atoms with van der Waals surface area (Å²) in [7, 11) is 0. The molecule has 1 fully saturated rings. The highest BCUT2D eigenvalue weighted by molar-refractivity contribution is 7.13. The van der Waals surface area contributed by atoms with E-state index in [1.54, 1.807) is 37.3 Å². The van der Waals surface area contributed by atoms with E-state index in [0.29, 0.717) is 17.0 Å². The maximum absolute atomic E-state index is 13.1. The van der Waals surface area contributed by atoms with E-state index in [-0.39, 0.29) is 12.5 Å². The van der Waals surface area contributed by atoms with Crippen molar-refractivity contribution >= 4 is 23.3 Å². The van der Waals surface area contributed by atoms with Gasteiger partial charge in [0.2, 0.25) is 0 Å². The molecule has 10 nitrogen and oxygen atoms in total. The van der Waals surface area contributed by atoms with Gasteiger partial charge in [-0.3, -0.25) is 9.69 Å². The Kier molecular flexibility index (Phi) is 4.17. The first kappa shape index (κ1) is 18.2. The van der Waals surface area contributed by atoms with Gasteiger partial charge in [-0.25, -0.2) is 9.48 Å². The third-order valence-corrected chi connectivity index (χ3v) is 5.86. The van der Waals surface area contributed by atoms with Gasteiger partial charge in [0, 0.05) is 6.07 Å². The highest BCUT2D eigenvalue weighted by Gasteiger charge is 2.49. The molecule has 4 heterocycles. The summed E-state index contributed by atoms with van der Waals surface area (Å²) in [6.45, 7) is 1.71. The number of carbonyl (C=O) groups excluding carboxylic acids is 2. The predicted octanol–water partition coefficient (Wildman–Crippen LogP) is 2.35. The molecule has 5 rings (SSSR count). The second-order valence-corrected chi connectivity index (χ2v) is 7.86. The number of aromatic nitrogens is 5. The average molecular weight is 421 g/mol. The lowest BCUT2D eigenvalue weighted by atomic mass is 9.92. The Balaban J connectivity index is 1.37. The Labute approximate surface area is 174 Å². The quantitative estimate of drug-likeness (QED) is 0.491. The molecule has 0 aliphatic carbocycles. The lowest BCUT2D eigenvalue weighted by molar-refractivity contribution is -0.131. The van der Waals surface area contributed by atoms with Gasteiger partial charge in [-0.15, -0.1) is 16.4 Å². The standard InChI is InChI=1S/C19H15N7O3S/c1-19(12-4-6-14(7-5-12)26-11-20-23-24-26)17(27)25(18(28)21-19)10-13-9-15(29-22-13)16-3-2-8-30-16/h2-9,11H,10H2,1H3,(H,21,28). The van der Waals surface area contributed by atoms with Gasteiger partial charge in [0.05, 0.1) is 17.1 Å². The number of urea groups is 1. The molecule has 0 spiro atoms. The molecule has 11 heteroatoms. The van der Waals surface area contributed by atoms with E-state index >= 15 is 0 Å². The summed E-state index contributed by atoms with van der Waals surface area (Å²) in [6.07, 6.45) is 1.48. The minimum atomic E-state index is -1.18. The van der Waals surface area contributed by atoms with E-state index in [1.807, 2.05) is 17.5 Å². The zero-order chi connectivity index (χ0) is 20.7. The molecule has 1 aromatic carbocycles. The van der Waals surface area contributed by atoms with Gasteiger partial charge in [-0.2, -0.15) is 0 Å². The molecule has 1 aliphatic rings. The number of hydrogen-bond donors (Lipinski definition) is 1. The lowest BCUT2D eigenvalue weighted by Crippen LogP contribution is -2.40. The van der Waals surface area contributed by atoms with E-state index in [2.05, 4.69) is 26.0 Å². The van der Waals surface area contributed by atoms with Crippen LogP contribution >= 0.6 is 11.3 Å². The number of tetrazole rings is 1. The van der Waals surface area contributed by atoms with Crippen molar-refractivity contribution < 1.29 is 14.1 Å². The Morgan fingerprint density at radius 2 is 2.03 bits per heavy atom. The second kappa shape index (κ2) is 6.88. The first-order chi connectivity index (χ1) is 14.5. The number of benzene rings is 1. The molecule has 1 N–H and O–H groups in total. The van der Waals surface area contributed by atoms with Crippen LogP contribution in [0.4, 0.5) is 4.79 Å². The van der Waals surface area contributed by atoms with Crippen molar-refractivity contribution in [3.05, 3.63) is 65.4 Å². The second-order valence-electron chi connectivity index (χ2n) is 6.91. The van der Waals surface area contributed by atoms with Crippen molar-refractivity contribution in [3.8, 4) is 16.3 Å². The number of nitrogens with zero attached hydrogens (tertiary/aromatic N) is 6. The van der Waals surface area contributed by atoms with Crippen LogP contribution in [0.1, 0.15) is 18.2 Å². The molecule has 1 aliphatic heterocycles. The number of rotatable bonds is 5. The fourth-order valence-electron chi connectivity index (χ4n) is 3.35. The summed E-state index contributed by atoms with van der Waals surface area (Å²) < 4.78 is 6.85. The smallest absolute Gasteiger partial charge is 0.325 e. The first-order valence-corrected chi connectivity index (χ1v) is 9.90. The van der Waals surface area contributed by atoms with Crippen LogP contribution in [0.5, 0.6) is 0 Å². The van der Waals surface area contributed by atoms with Crippen LogP contribution in [0.2, 0.25) is 0 Å². The van der Waals surface area contributed by atoms with Crippen molar-refractivity contribution in [1.82, 2.24) is 35.6 Å². The number of nitrogens with one attached hydrogen (secondary N) is 1. The summed E-state index contributed by atoms with van der Waals surface area (Å²) in [5, 5.41) is 19.8. The number of hydrogen-bond acceptors (Lipinski definition) is 8. The minimum absolute atomic E-state index is 0.0256. The predicted molar refractivity (Wildman–Crippen MR) is 105 cm³/mol. The van der Waals surface area contributed by atoms with Crippen molar-refractivity contribution in [2.75, 3.05) is 0 Å². The zero-order valence-corrected chi connectivity index (χ0v) is 16.5. The van der Waals surface area contributed by atoms with Gasteiger partial charge < -0.3 is 9.84 Å². The van der Waals surface area contributed by atoms with Crippen molar-refractivity contribution in [1.29, 1.82) is 0 Å². The number of amides is 3. The monoisotopic (exact) mass is 421 g/mol. The highest BCUT2D eigenvalue weighted by atomic mass is 32.1. The maximum atomic E-state index is 13.1. The molecule has 3 amide bonds. The number of thiophene rings is 1. The Morgan fingerprint density at radius 3 is 2.73 bits per heavy atom. The molecule has 4 aromatic rings. The molecular formula is C19H15N7O3S. The van der Waals surface area contributed by atoms with Crippen molar-refractivity contribution in [2.24, 2.45) is 0 Å². The van der Waals surface area contributed by atoms with Gasteiger partial charge in [0.25, 0.3) is 5.91 Å². The van der Waals surface area contributed by atoms with E-state index in [0.717, 1.165) is 15.5 Å². The lowest BCUT2D eigenvalue weighted by Gasteiger charge is -2.22. The molecule has 1 unspecified atom stereocenters. The molecule has 0 bridgehead atoms. The molecule has 150 valence electrons. The summed E-state index contributed by atoms with van der Waals surface area (Å²) in [6, 6.07) is 12.2. The van der Waals surface area contributed by atoms with Gasteiger partial charge in [-0.1, -0.05) is 23.4 Å². The SMILES string of the molecule is CC1(c2ccc(-n3cnnn3)cc2)NC(=O)N(Cc2cc(-c3cccs3)on2)C1=O. The largest absolute Gasteiger partial charge is 0.355 e. The van der Waals surface area contributed by atoms with Crippen molar-refractivity contribution in [3.63, 3.8) is 0 Å². The molecule has 30 heavy (non-hydrogen) atoms. The fraction of sp³-hybridized carbons (Fsp3) is 0.158. The summed E-state index contributed by atoms with van der Waals surface area (Å²) in [5.41, 5.74) is 0.709. The van der Waals surface area contributed by atoms with Gasteiger partial charge in [0.15, 0.2) is 5.76 Å². The normalized spacial score (nSPS) is 18.8. The van der Waals surface area contributed by atoms with Crippen LogP contribution in [0.25, 0.3) is 16.3 Å². The minimum Gasteiger partial charge on any atom is -0.355 e. The van der Waals surface area contributed by atoms with Crippen LogP contribution in [-0.2, 0) is 16.9 Å². The van der Waals surface area contributed by atoms with Gasteiger partial charge in [0.1, 0.15) is 17.6 Å². The highest BCUT2D eigenvalue weighted by Crippen LogP contribution is 2.31. The molecular weight excluding hydrogens is 406 g/mol. The summed E-state index contributed by atoms with van der Waals surface area (Å²) in [5.74, 6) is 0.247. The number of imide groups is 1. The van der Waals surface area contributed by atoms with Crippen LogP contribution in [0.15, 0.2) is 58.7 Å². The Bertz CT molecular complexity index is 1200. The zero-order valence-electron chi connectivity index (χ0n) is 15.7. The van der Waals surface area contributed by atoms with Crippen LogP contribution in [-0.4, -0.2) is 42.2 Å². The van der Waals surface area contributed by atoms with E-state index in [1.165, 1.54) is 22.3 Å². The van der Waals surface area contributed by atoms with Crippen LogP contribution in [0.3, 0.4) is 0 Å². The van der Waals surface area contributed by atoms with Crippen LogP contribution in [0, 0.1) is 0 Å². The summed E-state index contributed by atoms with van der Waals surface area (Å²) >= 11 is 1.52. The third-order valence-electron chi connectivity index (χ3n) is 4.98. The average Bonchev–Trinajstić information content (AvgIpc) is 3.54. The third kappa shape index (κ3) is 2.95. The van der Waals surface area contributed by atoms with Crippen molar-refractivity contribution in [2.45, 2.75) is 19.0 Å². The first-order valence-electron chi connectivity index (χ1n) is 9.02. The molecule has 1 saturated heterocycles. The Hall–Kier alpha value is -3.86. The van der Waals surface area contributed by atoms with E-state index in [9.17, 15) is 9.59 Å². The summed E-state index contributed by atoms with van der Waals surface area (Å²) in [4.78, 5) is 27.8. The molecule has 0 radical (unpaired) electrons. The molecule has 3 aromatic heterocycles. The number of carbonyl (C=O) groups is 2. The van der Waals surface area contributed by atoms with Gasteiger partial charge >= 0.3 is 6.03 Å². The molecule has 0 saturated carbocycles. The Morgan fingerprint density at radius 1 is 1.20 bits per heavy atom. The molecule has 1 atom stereocenters. The van der Waals surface area contributed by atoms with E-state index < -0.39 is 11.6 Å². The van der Waals surface area contributed by atoms with Crippen LogP contribution < -0.4 is 5.32 Å².